The van der Waals surface area contributed by atoms with Gasteiger partial charge in [-0.2, -0.15) is 0 Å². The minimum absolute atomic E-state index is 0.149. The van der Waals surface area contributed by atoms with Crippen molar-refractivity contribution in [3.8, 4) is 0 Å². The van der Waals surface area contributed by atoms with E-state index in [0.29, 0.717) is 17.7 Å². The molecule has 6 heteroatoms. The van der Waals surface area contributed by atoms with Crippen LogP contribution in [0.1, 0.15) is 22.3 Å². The largest absolute Gasteiger partial charge is 0.398 e. The maximum Gasteiger partial charge on any atom is 0.225 e. The molecule has 1 aliphatic heterocycles. The summed E-state index contributed by atoms with van der Waals surface area (Å²) in [6.45, 7) is 6.32. The number of carbonyl (C=O) groups excluding carboxylic acids is 1. The number of hydrogen-bond donors (Lipinski definition) is 1. The number of benzene rings is 1. The van der Waals surface area contributed by atoms with Crippen LogP contribution >= 0.6 is 0 Å². The summed E-state index contributed by atoms with van der Waals surface area (Å²) in [7, 11) is 0. The van der Waals surface area contributed by atoms with Crippen molar-refractivity contribution in [2.45, 2.75) is 13.3 Å². The molecule has 126 valence electrons. The van der Waals surface area contributed by atoms with E-state index in [-0.39, 0.29) is 5.78 Å². The van der Waals surface area contributed by atoms with Crippen LogP contribution in [0.2, 0.25) is 0 Å². The van der Waals surface area contributed by atoms with E-state index in [9.17, 15) is 4.79 Å². The number of piperazine rings is 1. The lowest BCUT2D eigenvalue weighted by Gasteiger charge is -2.34. The second kappa shape index (κ2) is 7.40. The fraction of sp³-hybridized carbons (Fsp3) is 0.389. The molecule has 1 aromatic heterocycles. The molecular formula is C18H23N5O. The van der Waals surface area contributed by atoms with Crippen molar-refractivity contribution >= 4 is 17.4 Å². The highest BCUT2D eigenvalue weighted by Gasteiger charge is 2.19. The lowest BCUT2D eigenvalue weighted by atomic mass is 10.0. The normalized spacial score (nSPS) is 15.5. The van der Waals surface area contributed by atoms with Crippen LogP contribution in [0.3, 0.4) is 0 Å². The lowest BCUT2D eigenvalue weighted by Crippen LogP contribution is -2.47. The second-order valence-corrected chi connectivity index (χ2v) is 6.12. The third kappa shape index (κ3) is 3.89. The van der Waals surface area contributed by atoms with Crippen LogP contribution in [0, 0.1) is 6.92 Å². The SMILES string of the molecule is Cc1ccc(C(=O)CCN2CCN(c3ncccn3)CC2)cc1N. The Balaban J connectivity index is 1.48. The van der Waals surface area contributed by atoms with Gasteiger partial charge in [0.2, 0.25) is 5.95 Å². The number of aromatic nitrogens is 2. The Labute approximate surface area is 142 Å². The van der Waals surface area contributed by atoms with Crippen LogP contribution in [0.4, 0.5) is 11.6 Å². The van der Waals surface area contributed by atoms with E-state index in [4.69, 9.17) is 5.73 Å². The smallest absolute Gasteiger partial charge is 0.225 e. The molecule has 0 atom stereocenters. The molecule has 1 fully saturated rings. The molecule has 1 aliphatic rings. The molecule has 2 heterocycles. The van der Waals surface area contributed by atoms with E-state index in [0.717, 1.165) is 44.2 Å². The number of carbonyl (C=O) groups is 1. The molecule has 0 bridgehead atoms. The highest BCUT2D eigenvalue weighted by atomic mass is 16.1. The average Bonchev–Trinajstić information content (AvgIpc) is 2.63. The minimum atomic E-state index is 0.149. The van der Waals surface area contributed by atoms with Gasteiger partial charge in [0.05, 0.1) is 0 Å². The zero-order chi connectivity index (χ0) is 16.9. The molecule has 0 amide bonds. The van der Waals surface area contributed by atoms with Gasteiger partial charge in [-0.25, -0.2) is 9.97 Å². The van der Waals surface area contributed by atoms with Crippen LogP contribution < -0.4 is 10.6 Å². The van der Waals surface area contributed by atoms with E-state index in [2.05, 4.69) is 19.8 Å². The van der Waals surface area contributed by atoms with Gasteiger partial charge < -0.3 is 10.6 Å². The van der Waals surface area contributed by atoms with Gasteiger partial charge in [-0.05, 0) is 24.6 Å². The highest BCUT2D eigenvalue weighted by molar-refractivity contribution is 5.97. The Morgan fingerprint density at radius 3 is 2.54 bits per heavy atom. The minimum Gasteiger partial charge on any atom is -0.398 e. The first-order valence-electron chi connectivity index (χ1n) is 8.27. The molecule has 2 N–H and O–H groups in total. The van der Waals surface area contributed by atoms with Crippen molar-refractivity contribution < 1.29 is 4.79 Å². The average molecular weight is 325 g/mol. The van der Waals surface area contributed by atoms with E-state index in [1.54, 1.807) is 18.5 Å². The third-order valence-corrected chi connectivity index (χ3v) is 4.46. The topological polar surface area (TPSA) is 75.4 Å². The molecule has 24 heavy (non-hydrogen) atoms. The molecule has 0 radical (unpaired) electrons. The van der Waals surface area contributed by atoms with Crippen LogP contribution in [-0.2, 0) is 0 Å². The Bertz CT molecular complexity index is 696. The van der Waals surface area contributed by atoms with Gasteiger partial charge in [0, 0.05) is 62.8 Å². The first kappa shape index (κ1) is 16.4. The Hall–Kier alpha value is -2.47. The standard InChI is InChI=1S/C18H23N5O/c1-14-3-4-15(13-16(14)19)17(24)5-8-22-9-11-23(12-10-22)18-20-6-2-7-21-18/h2-4,6-7,13H,5,8-12,19H2,1H3. The maximum atomic E-state index is 12.3. The van der Waals surface area contributed by atoms with Gasteiger partial charge in [0.15, 0.2) is 5.78 Å². The molecular weight excluding hydrogens is 302 g/mol. The van der Waals surface area contributed by atoms with Gasteiger partial charge in [-0.1, -0.05) is 12.1 Å². The number of nitrogens with zero attached hydrogens (tertiary/aromatic N) is 4. The summed E-state index contributed by atoms with van der Waals surface area (Å²) < 4.78 is 0. The summed E-state index contributed by atoms with van der Waals surface area (Å²) in [4.78, 5) is 25.4. The van der Waals surface area contributed by atoms with Gasteiger partial charge in [-0.3, -0.25) is 9.69 Å². The van der Waals surface area contributed by atoms with E-state index >= 15 is 0 Å². The molecule has 3 rings (SSSR count). The van der Waals surface area contributed by atoms with E-state index in [1.165, 1.54) is 0 Å². The van der Waals surface area contributed by atoms with Crippen LogP contribution in [0.5, 0.6) is 0 Å². The molecule has 1 aromatic carbocycles. The summed E-state index contributed by atoms with van der Waals surface area (Å²) in [6, 6.07) is 7.37. The number of anilines is 2. The predicted molar refractivity (Wildman–Crippen MR) is 95.2 cm³/mol. The fourth-order valence-corrected chi connectivity index (χ4v) is 2.84. The van der Waals surface area contributed by atoms with Gasteiger partial charge in [0.25, 0.3) is 0 Å². The molecule has 0 unspecified atom stereocenters. The maximum absolute atomic E-state index is 12.3. The number of ketones is 1. The van der Waals surface area contributed by atoms with Gasteiger partial charge in [-0.15, -0.1) is 0 Å². The van der Waals surface area contributed by atoms with Crippen molar-refractivity contribution in [3.05, 3.63) is 47.8 Å². The molecule has 0 aliphatic carbocycles. The van der Waals surface area contributed by atoms with E-state index < -0.39 is 0 Å². The molecule has 0 saturated carbocycles. The van der Waals surface area contributed by atoms with Crippen molar-refractivity contribution in [1.29, 1.82) is 0 Å². The number of nitrogen functional groups attached to an aromatic ring is 1. The molecule has 6 nitrogen and oxygen atoms in total. The summed E-state index contributed by atoms with van der Waals surface area (Å²) in [6.07, 6.45) is 4.05. The van der Waals surface area contributed by atoms with E-state index in [1.807, 2.05) is 25.1 Å². The number of Topliss-reactive ketones (excluding diaryl/α,β-unsaturated/α-hetero) is 1. The van der Waals surface area contributed by atoms with Gasteiger partial charge in [0.1, 0.15) is 0 Å². The summed E-state index contributed by atoms with van der Waals surface area (Å²) in [5, 5.41) is 0. The number of aryl methyl sites for hydroxylation is 1. The van der Waals surface area contributed by atoms with Crippen molar-refractivity contribution in [1.82, 2.24) is 14.9 Å². The summed E-state index contributed by atoms with van der Waals surface area (Å²) in [5.41, 5.74) is 8.27. The monoisotopic (exact) mass is 325 g/mol. The number of rotatable bonds is 5. The zero-order valence-electron chi connectivity index (χ0n) is 14.0. The van der Waals surface area contributed by atoms with Crippen molar-refractivity contribution in [2.75, 3.05) is 43.4 Å². The fourth-order valence-electron chi connectivity index (χ4n) is 2.84. The quantitative estimate of drug-likeness (QED) is 0.667. The molecule has 1 saturated heterocycles. The van der Waals surface area contributed by atoms with Crippen LogP contribution in [0.25, 0.3) is 0 Å². The Kier molecular flexibility index (Phi) is 5.05. The number of hydrogen-bond acceptors (Lipinski definition) is 6. The number of nitrogens with two attached hydrogens (primary N) is 1. The van der Waals surface area contributed by atoms with Gasteiger partial charge >= 0.3 is 0 Å². The van der Waals surface area contributed by atoms with Crippen molar-refractivity contribution in [2.24, 2.45) is 0 Å². The highest BCUT2D eigenvalue weighted by Crippen LogP contribution is 2.15. The lowest BCUT2D eigenvalue weighted by molar-refractivity contribution is 0.0962. The summed E-state index contributed by atoms with van der Waals surface area (Å²) in [5.74, 6) is 0.930. The summed E-state index contributed by atoms with van der Waals surface area (Å²) >= 11 is 0. The first-order chi connectivity index (χ1) is 11.6. The second-order valence-electron chi connectivity index (χ2n) is 6.12. The zero-order valence-corrected chi connectivity index (χ0v) is 14.0. The van der Waals surface area contributed by atoms with Crippen molar-refractivity contribution in [3.63, 3.8) is 0 Å². The van der Waals surface area contributed by atoms with Crippen LogP contribution in [0.15, 0.2) is 36.7 Å². The third-order valence-electron chi connectivity index (χ3n) is 4.46. The first-order valence-corrected chi connectivity index (χ1v) is 8.27. The Morgan fingerprint density at radius 1 is 1.17 bits per heavy atom. The molecule has 2 aromatic rings. The van der Waals surface area contributed by atoms with Crippen LogP contribution in [-0.4, -0.2) is 53.4 Å². The molecule has 0 spiro atoms. The Morgan fingerprint density at radius 2 is 1.88 bits per heavy atom. The predicted octanol–water partition coefficient (Wildman–Crippen LogP) is 1.76.